The van der Waals surface area contributed by atoms with Crippen molar-refractivity contribution in [3.63, 3.8) is 0 Å². The van der Waals surface area contributed by atoms with Crippen LogP contribution in [0.25, 0.3) is 0 Å². The van der Waals surface area contributed by atoms with E-state index in [9.17, 15) is 0 Å². The fourth-order valence-electron chi connectivity index (χ4n) is 1.97. The Kier molecular flexibility index (Phi) is 3.96. The number of rotatable bonds is 5. The van der Waals surface area contributed by atoms with Crippen molar-refractivity contribution in [1.82, 2.24) is 14.9 Å². The van der Waals surface area contributed by atoms with Crippen LogP contribution in [0.3, 0.4) is 0 Å². The summed E-state index contributed by atoms with van der Waals surface area (Å²) < 4.78 is 7.83. The lowest BCUT2D eigenvalue weighted by atomic mass is 10.2. The van der Waals surface area contributed by atoms with Crippen molar-refractivity contribution in [2.75, 3.05) is 19.8 Å². The second-order valence-electron chi connectivity index (χ2n) is 4.73. The molecule has 0 radical (unpaired) electrons. The molecule has 1 aromatic rings. The van der Waals surface area contributed by atoms with Crippen molar-refractivity contribution in [3.05, 3.63) is 17.7 Å². The summed E-state index contributed by atoms with van der Waals surface area (Å²) >= 11 is 0. The molecule has 0 aliphatic carbocycles. The fraction of sp³-hybridized carbons (Fsp3) is 0.750. The topological polar surface area (TPSA) is 39.1 Å². The normalized spacial score (nSPS) is 15.4. The van der Waals surface area contributed by atoms with E-state index in [1.54, 1.807) is 0 Å². The lowest BCUT2D eigenvalue weighted by Gasteiger charge is -2.15. The quantitative estimate of drug-likeness (QED) is 0.762. The molecular weight excluding hydrogens is 202 g/mol. The van der Waals surface area contributed by atoms with E-state index < -0.39 is 0 Å². The molecule has 0 saturated carbocycles. The minimum absolute atomic E-state index is 0.612. The van der Waals surface area contributed by atoms with Gasteiger partial charge in [-0.1, -0.05) is 13.8 Å². The van der Waals surface area contributed by atoms with Crippen LogP contribution in [0.1, 0.15) is 25.2 Å². The van der Waals surface area contributed by atoms with Crippen molar-refractivity contribution in [3.8, 4) is 0 Å². The Balaban J connectivity index is 1.83. The predicted octanol–water partition coefficient (Wildman–Crippen LogP) is 1.20. The number of hydrogen-bond acceptors (Lipinski definition) is 3. The Labute approximate surface area is 97.0 Å². The van der Waals surface area contributed by atoms with Crippen LogP contribution in [0.5, 0.6) is 0 Å². The summed E-state index contributed by atoms with van der Waals surface area (Å²) in [6.45, 7) is 8.87. The number of hydrogen-bond donors (Lipinski definition) is 1. The first-order valence-corrected chi connectivity index (χ1v) is 6.08. The highest BCUT2D eigenvalue weighted by Gasteiger charge is 2.14. The zero-order valence-electron chi connectivity index (χ0n) is 10.2. The van der Waals surface area contributed by atoms with Crippen LogP contribution in [0.4, 0.5) is 0 Å². The minimum Gasteiger partial charge on any atom is -0.379 e. The highest BCUT2D eigenvalue weighted by molar-refractivity contribution is 5.16. The van der Waals surface area contributed by atoms with Gasteiger partial charge in [-0.2, -0.15) is 0 Å². The molecule has 90 valence electrons. The summed E-state index contributed by atoms with van der Waals surface area (Å²) in [6, 6.07) is 0. The molecule has 0 amide bonds. The van der Waals surface area contributed by atoms with E-state index in [0.29, 0.717) is 5.92 Å². The zero-order valence-corrected chi connectivity index (χ0v) is 10.2. The number of fused-ring (bicyclic) bond motifs is 1. The van der Waals surface area contributed by atoms with Gasteiger partial charge >= 0.3 is 0 Å². The molecule has 4 heteroatoms. The van der Waals surface area contributed by atoms with Gasteiger partial charge in [-0.3, -0.25) is 0 Å². The van der Waals surface area contributed by atoms with Crippen LogP contribution >= 0.6 is 0 Å². The zero-order chi connectivity index (χ0) is 11.4. The summed E-state index contributed by atoms with van der Waals surface area (Å²) in [7, 11) is 0. The van der Waals surface area contributed by atoms with E-state index in [-0.39, 0.29) is 0 Å². The van der Waals surface area contributed by atoms with Gasteiger partial charge in [0.2, 0.25) is 0 Å². The van der Waals surface area contributed by atoms with Gasteiger partial charge in [-0.15, -0.1) is 0 Å². The van der Waals surface area contributed by atoms with Gasteiger partial charge in [0, 0.05) is 38.4 Å². The molecule has 2 heterocycles. The molecule has 16 heavy (non-hydrogen) atoms. The predicted molar refractivity (Wildman–Crippen MR) is 63.3 cm³/mol. The molecule has 0 atom stereocenters. The van der Waals surface area contributed by atoms with E-state index in [2.05, 4.69) is 28.7 Å². The molecule has 0 fully saturated rings. The Morgan fingerprint density at radius 3 is 3.25 bits per heavy atom. The van der Waals surface area contributed by atoms with Crippen LogP contribution in [0.2, 0.25) is 0 Å². The lowest BCUT2D eigenvalue weighted by molar-refractivity contribution is 0.102. The van der Waals surface area contributed by atoms with Gasteiger partial charge in [0.25, 0.3) is 0 Å². The molecule has 1 aliphatic rings. The van der Waals surface area contributed by atoms with Crippen molar-refractivity contribution in [1.29, 1.82) is 0 Å². The average Bonchev–Trinajstić information content (AvgIpc) is 2.68. The van der Waals surface area contributed by atoms with Crippen LogP contribution in [-0.2, 0) is 24.2 Å². The summed E-state index contributed by atoms with van der Waals surface area (Å²) in [5.41, 5.74) is 2.59. The molecule has 0 aromatic carbocycles. The molecule has 1 N–H and O–H groups in total. The standard InChI is InChI=1S/C12H21N3O/c1-10(2)8-16-6-5-15-9-14-11-7-13-4-3-12(11)15/h9-10,13H,3-8H2,1-2H3. The Morgan fingerprint density at radius 2 is 2.44 bits per heavy atom. The molecule has 0 unspecified atom stereocenters. The first kappa shape index (κ1) is 11.6. The monoisotopic (exact) mass is 223 g/mol. The average molecular weight is 223 g/mol. The number of nitrogens with one attached hydrogen (secondary N) is 1. The highest BCUT2D eigenvalue weighted by Crippen LogP contribution is 2.11. The van der Waals surface area contributed by atoms with E-state index in [1.807, 2.05) is 6.33 Å². The van der Waals surface area contributed by atoms with Gasteiger partial charge in [-0.05, 0) is 5.92 Å². The fourth-order valence-corrected chi connectivity index (χ4v) is 1.97. The summed E-state index contributed by atoms with van der Waals surface area (Å²) in [4.78, 5) is 4.42. The molecule has 0 saturated heterocycles. The Morgan fingerprint density at radius 1 is 1.56 bits per heavy atom. The highest BCUT2D eigenvalue weighted by atomic mass is 16.5. The third kappa shape index (κ3) is 2.83. The van der Waals surface area contributed by atoms with Crippen molar-refractivity contribution >= 4 is 0 Å². The third-order valence-electron chi connectivity index (χ3n) is 2.79. The van der Waals surface area contributed by atoms with Gasteiger partial charge in [0.1, 0.15) is 0 Å². The maximum absolute atomic E-state index is 5.60. The molecule has 0 bridgehead atoms. The van der Waals surface area contributed by atoms with Gasteiger partial charge in [-0.25, -0.2) is 4.98 Å². The lowest BCUT2D eigenvalue weighted by Crippen LogP contribution is -2.25. The van der Waals surface area contributed by atoms with E-state index in [1.165, 1.54) is 11.4 Å². The van der Waals surface area contributed by atoms with Crippen LogP contribution in [0, 0.1) is 5.92 Å². The maximum Gasteiger partial charge on any atom is 0.0953 e. The van der Waals surface area contributed by atoms with E-state index >= 15 is 0 Å². The smallest absolute Gasteiger partial charge is 0.0953 e. The number of ether oxygens (including phenoxy) is 1. The SMILES string of the molecule is CC(C)COCCn1cnc2c1CCNC2. The van der Waals surface area contributed by atoms with Gasteiger partial charge < -0.3 is 14.6 Å². The largest absolute Gasteiger partial charge is 0.379 e. The molecule has 0 spiro atoms. The molecule has 2 rings (SSSR count). The van der Waals surface area contributed by atoms with Gasteiger partial charge in [0.05, 0.1) is 18.6 Å². The second-order valence-corrected chi connectivity index (χ2v) is 4.73. The number of aromatic nitrogens is 2. The number of nitrogens with zero attached hydrogens (tertiary/aromatic N) is 2. The maximum atomic E-state index is 5.60. The summed E-state index contributed by atoms with van der Waals surface area (Å²) in [5.74, 6) is 0.612. The first-order valence-electron chi connectivity index (χ1n) is 6.08. The number of imidazole rings is 1. The van der Waals surface area contributed by atoms with E-state index in [0.717, 1.165) is 39.3 Å². The van der Waals surface area contributed by atoms with Gasteiger partial charge in [0.15, 0.2) is 0 Å². The second kappa shape index (κ2) is 5.46. The third-order valence-corrected chi connectivity index (χ3v) is 2.79. The Hall–Kier alpha value is -0.870. The van der Waals surface area contributed by atoms with Crippen LogP contribution < -0.4 is 5.32 Å². The molecular formula is C12H21N3O. The minimum atomic E-state index is 0.612. The first-order chi connectivity index (χ1) is 7.77. The molecule has 1 aromatic heterocycles. The van der Waals surface area contributed by atoms with Crippen molar-refractivity contribution in [2.24, 2.45) is 5.92 Å². The summed E-state index contributed by atoms with van der Waals surface area (Å²) in [6.07, 6.45) is 3.02. The van der Waals surface area contributed by atoms with Crippen LogP contribution in [-0.4, -0.2) is 29.3 Å². The van der Waals surface area contributed by atoms with Crippen molar-refractivity contribution < 1.29 is 4.74 Å². The molecule has 1 aliphatic heterocycles. The van der Waals surface area contributed by atoms with E-state index in [4.69, 9.17) is 4.74 Å². The van der Waals surface area contributed by atoms with Crippen LogP contribution in [0.15, 0.2) is 6.33 Å². The van der Waals surface area contributed by atoms with Crippen molar-refractivity contribution in [2.45, 2.75) is 33.4 Å². The summed E-state index contributed by atoms with van der Waals surface area (Å²) in [5, 5.41) is 3.33. The Bertz CT molecular complexity index is 333. The molecule has 4 nitrogen and oxygen atoms in total.